The lowest BCUT2D eigenvalue weighted by molar-refractivity contribution is 0.168. The highest BCUT2D eigenvalue weighted by molar-refractivity contribution is 6.29. The Morgan fingerprint density at radius 3 is 2.73 bits per heavy atom. The van der Waals surface area contributed by atoms with Gasteiger partial charge in [0.25, 0.3) is 0 Å². The zero-order valence-corrected chi connectivity index (χ0v) is 6.91. The van der Waals surface area contributed by atoms with Gasteiger partial charge in [-0.3, -0.25) is 4.98 Å². The molecule has 0 aliphatic carbocycles. The third-order valence-corrected chi connectivity index (χ3v) is 1.56. The average molecular weight is 173 g/mol. The topological polar surface area (TPSA) is 46.0 Å². The standard InChI is InChI=1S/C7H9ClN2O/c1-2-6(11)5-3-10-7(8)4-9-5/h3-4,6,11H,2H2,1H3. The average Bonchev–Trinajstić information content (AvgIpc) is 2.05. The van der Waals surface area contributed by atoms with Gasteiger partial charge in [0.05, 0.1) is 24.2 Å². The monoisotopic (exact) mass is 172 g/mol. The van der Waals surface area contributed by atoms with Gasteiger partial charge in [0.15, 0.2) is 0 Å². The number of nitrogens with zero attached hydrogens (tertiary/aromatic N) is 2. The second kappa shape index (κ2) is 3.64. The number of hydrogen-bond acceptors (Lipinski definition) is 3. The molecule has 0 saturated heterocycles. The van der Waals surface area contributed by atoms with Crippen LogP contribution in [0.3, 0.4) is 0 Å². The Balaban J connectivity index is 2.81. The molecule has 1 rings (SSSR count). The van der Waals surface area contributed by atoms with Gasteiger partial charge in [-0.15, -0.1) is 0 Å². The quantitative estimate of drug-likeness (QED) is 0.737. The maximum absolute atomic E-state index is 9.27. The first-order valence-corrected chi connectivity index (χ1v) is 3.77. The van der Waals surface area contributed by atoms with E-state index in [-0.39, 0.29) is 0 Å². The summed E-state index contributed by atoms with van der Waals surface area (Å²) >= 11 is 5.50. The van der Waals surface area contributed by atoms with Crippen LogP contribution in [-0.2, 0) is 0 Å². The zero-order valence-electron chi connectivity index (χ0n) is 6.16. The molecule has 1 N–H and O–H groups in total. The first-order chi connectivity index (χ1) is 5.24. The van der Waals surface area contributed by atoms with Gasteiger partial charge in [0.1, 0.15) is 5.15 Å². The Morgan fingerprint density at radius 1 is 1.55 bits per heavy atom. The van der Waals surface area contributed by atoms with E-state index in [1.54, 1.807) is 0 Å². The molecule has 0 bridgehead atoms. The molecule has 1 unspecified atom stereocenters. The molecular formula is C7H9ClN2O. The third-order valence-electron chi connectivity index (χ3n) is 1.37. The molecule has 0 aromatic carbocycles. The van der Waals surface area contributed by atoms with Crippen molar-refractivity contribution in [2.24, 2.45) is 0 Å². The second-order valence-electron chi connectivity index (χ2n) is 2.19. The van der Waals surface area contributed by atoms with Crippen molar-refractivity contribution in [1.82, 2.24) is 9.97 Å². The largest absolute Gasteiger partial charge is 0.387 e. The minimum atomic E-state index is -0.528. The van der Waals surface area contributed by atoms with Crippen LogP contribution in [0.4, 0.5) is 0 Å². The summed E-state index contributed by atoms with van der Waals surface area (Å²) in [6, 6.07) is 0. The van der Waals surface area contributed by atoms with Gasteiger partial charge in [-0.1, -0.05) is 18.5 Å². The second-order valence-corrected chi connectivity index (χ2v) is 2.58. The fraction of sp³-hybridized carbons (Fsp3) is 0.429. The lowest BCUT2D eigenvalue weighted by Gasteiger charge is -2.04. The van der Waals surface area contributed by atoms with Gasteiger partial charge in [-0.2, -0.15) is 0 Å². The van der Waals surface area contributed by atoms with Gasteiger partial charge < -0.3 is 5.11 Å². The first kappa shape index (κ1) is 8.43. The van der Waals surface area contributed by atoms with Gasteiger partial charge in [0.2, 0.25) is 0 Å². The van der Waals surface area contributed by atoms with Crippen molar-refractivity contribution in [3.63, 3.8) is 0 Å². The van der Waals surface area contributed by atoms with E-state index in [0.717, 1.165) is 0 Å². The van der Waals surface area contributed by atoms with Crippen LogP contribution >= 0.6 is 11.6 Å². The molecule has 1 aromatic heterocycles. The summed E-state index contributed by atoms with van der Waals surface area (Å²) in [5.74, 6) is 0. The van der Waals surface area contributed by atoms with E-state index in [2.05, 4.69) is 9.97 Å². The zero-order chi connectivity index (χ0) is 8.27. The molecule has 0 amide bonds. The molecule has 0 saturated carbocycles. The van der Waals surface area contributed by atoms with Crippen LogP contribution in [-0.4, -0.2) is 15.1 Å². The van der Waals surface area contributed by atoms with E-state index in [0.29, 0.717) is 17.3 Å². The Bertz CT molecular complexity index is 224. The summed E-state index contributed by atoms with van der Waals surface area (Å²) in [6.45, 7) is 1.88. The van der Waals surface area contributed by atoms with E-state index in [4.69, 9.17) is 11.6 Å². The normalized spacial score (nSPS) is 13.0. The van der Waals surface area contributed by atoms with E-state index in [1.165, 1.54) is 12.4 Å². The van der Waals surface area contributed by atoms with Crippen molar-refractivity contribution < 1.29 is 5.11 Å². The number of aliphatic hydroxyl groups excluding tert-OH is 1. The Morgan fingerprint density at radius 2 is 2.27 bits per heavy atom. The maximum atomic E-state index is 9.27. The number of halogens is 1. The van der Waals surface area contributed by atoms with E-state index in [1.807, 2.05) is 6.92 Å². The highest BCUT2D eigenvalue weighted by Gasteiger charge is 2.05. The Kier molecular flexibility index (Phi) is 2.79. The number of aromatic nitrogens is 2. The minimum absolute atomic E-state index is 0.344. The van der Waals surface area contributed by atoms with Gasteiger partial charge in [-0.25, -0.2) is 4.98 Å². The van der Waals surface area contributed by atoms with Crippen LogP contribution in [0.25, 0.3) is 0 Å². The van der Waals surface area contributed by atoms with Crippen LogP contribution in [0, 0.1) is 0 Å². The van der Waals surface area contributed by atoms with Crippen LogP contribution in [0.2, 0.25) is 5.15 Å². The van der Waals surface area contributed by atoms with E-state index >= 15 is 0 Å². The van der Waals surface area contributed by atoms with Crippen molar-refractivity contribution in [3.05, 3.63) is 23.2 Å². The van der Waals surface area contributed by atoms with Crippen molar-refractivity contribution in [2.45, 2.75) is 19.4 Å². The Hall–Kier alpha value is -0.670. The molecule has 0 aliphatic heterocycles. The van der Waals surface area contributed by atoms with Crippen molar-refractivity contribution in [3.8, 4) is 0 Å². The molecule has 0 aliphatic rings. The molecule has 3 nitrogen and oxygen atoms in total. The number of aliphatic hydroxyl groups is 1. The number of rotatable bonds is 2. The molecule has 0 radical (unpaired) electrons. The predicted molar refractivity (Wildman–Crippen MR) is 42.3 cm³/mol. The first-order valence-electron chi connectivity index (χ1n) is 3.39. The van der Waals surface area contributed by atoms with Crippen LogP contribution < -0.4 is 0 Å². The van der Waals surface area contributed by atoms with Gasteiger partial charge in [0, 0.05) is 0 Å². The molecule has 60 valence electrons. The lowest BCUT2D eigenvalue weighted by Crippen LogP contribution is -1.98. The highest BCUT2D eigenvalue weighted by atomic mass is 35.5. The minimum Gasteiger partial charge on any atom is -0.387 e. The van der Waals surface area contributed by atoms with E-state index in [9.17, 15) is 5.11 Å². The maximum Gasteiger partial charge on any atom is 0.147 e. The molecule has 1 aromatic rings. The van der Waals surface area contributed by atoms with Gasteiger partial charge >= 0.3 is 0 Å². The van der Waals surface area contributed by atoms with Gasteiger partial charge in [-0.05, 0) is 6.42 Å². The molecule has 4 heteroatoms. The summed E-state index contributed by atoms with van der Waals surface area (Å²) in [5, 5.41) is 9.62. The number of hydrogen-bond donors (Lipinski definition) is 1. The van der Waals surface area contributed by atoms with Crippen molar-refractivity contribution >= 4 is 11.6 Å². The summed E-state index contributed by atoms with van der Waals surface area (Å²) in [5.41, 5.74) is 0.567. The molecule has 0 fully saturated rings. The fourth-order valence-electron chi connectivity index (χ4n) is 0.703. The molecule has 1 atom stereocenters. The molecule has 1 heterocycles. The van der Waals surface area contributed by atoms with Crippen molar-refractivity contribution in [2.75, 3.05) is 0 Å². The molecule has 11 heavy (non-hydrogen) atoms. The highest BCUT2D eigenvalue weighted by Crippen LogP contribution is 2.12. The van der Waals surface area contributed by atoms with Crippen LogP contribution in [0.1, 0.15) is 25.1 Å². The summed E-state index contributed by atoms with van der Waals surface area (Å²) in [4.78, 5) is 7.70. The predicted octanol–water partition coefficient (Wildman–Crippen LogP) is 1.57. The summed E-state index contributed by atoms with van der Waals surface area (Å²) < 4.78 is 0. The summed E-state index contributed by atoms with van der Waals surface area (Å²) in [7, 11) is 0. The SMILES string of the molecule is CCC(O)c1cnc(Cl)cn1. The van der Waals surface area contributed by atoms with E-state index < -0.39 is 6.10 Å². The Labute approximate surface area is 70.1 Å². The molecule has 0 spiro atoms. The molecular weight excluding hydrogens is 164 g/mol. The lowest BCUT2D eigenvalue weighted by atomic mass is 10.2. The van der Waals surface area contributed by atoms with Crippen LogP contribution in [0.5, 0.6) is 0 Å². The smallest absolute Gasteiger partial charge is 0.147 e. The fourth-order valence-corrected chi connectivity index (χ4v) is 0.801. The summed E-state index contributed by atoms with van der Waals surface area (Å²) in [6.07, 6.45) is 3.02. The van der Waals surface area contributed by atoms with Crippen LogP contribution in [0.15, 0.2) is 12.4 Å². The van der Waals surface area contributed by atoms with Crippen molar-refractivity contribution in [1.29, 1.82) is 0 Å². The third kappa shape index (κ3) is 2.13.